The second-order valence-corrected chi connectivity index (χ2v) is 3.11. The Kier molecular flexibility index (Phi) is 3.40. The lowest BCUT2D eigenvalue weighted by Crippen LogP contribution is -2.41. The van der Waals surface area contributed by atoms with Crippen molar-refractivity contribution in [3.8, 4) is 0 Å². The van der Waals surface area contributed by atoms with Crippen LogP contribution in [-0.2, 0) is 9.59 Å². The fraction of sp³-hybridized carbons (Fsp3) is 0.273. The van der Waals surface area contributed by atoms with Gasteiger partial charge < -0.3 is 0 Å². The third-order valence-corrected chi connectivity index (χ3v) is 2.19. The molecule has 0 bridgehead atoms. The minimum absolute atomic E-state index is 0.201. The maximum atomic E-state index is 11.4. The van der Waals surface area contributed by atoms with Crippen molar-refractivity contribution in [3.05, 3.63) is 37.0 Å². The molecule has 1 rings (SSSR count). The molecule has 3 heteroatoms. The van der Waals surface area contributed by atoms with Crippen molar-refractivity contribution < 1.29 is 9.59 Å². The van der Waals surface area contributed by atoms with Crippen molar-refractivity contribution in [1.29, 1.82) is 0 Å². The van der Waals surface area contributed by atoms with Gasteiger partial charge in [0.15, 0.2) is 0 Å². The summed E-state index contributed by atoms with van der Waals surface area (Å²) in [5, 5.41) is 2.30. The van der Waals surface area contributed by atoms with Crippen LogP contribution in [0, 0.1) is 5.92 Å². The average molecular weight is 191 g/mol. The molecule has 0 aromatic heterocycles. The van der Waals surface area contributed by atoms with Crippen LogP contribution < -0.4 is 5.32 Å². The molecule has 74 valence electrons. The molecule has 1 saturated heterocycles. The number of nitrogens with one attached hydrogen (secondary N) is 1. The fourth-order valence-corrected chi connectivity index (χ4v) is 1.47. The standard InChI is InChI=1S/C11H13NO2/c1-3-5-8(4-2)9-6-7-10(13)12-11(9)14/h3-5,9H,1-2,6-7H2,(H,12,13,14)/b8-5+. The van der Waals surface area contributed by atoms with E-state index in [2.05, 4.69) is 18.5 Å². The summed E-state index contributed by atoms with van der Waals surface area (Å²) in [4.78, 5) is 22.3. The lowest BCUT2D eigenvalue weighted by atomic mass is 9.90. The van der Waals surface area contributed by atoms with Gasteiger partial charge in [0.05, 0.1) is 5.92 Å². The Morgan fingerprint density at radius 1 is 1.43 bits per heavy atom. The first kappa shape index (κ1) is 10.4. The molecule has 1 N–H and O–H groups in total. The third kappa shape index (κ3) is 2.19. The Morgan fingerprint density at radius 2 is 2.14 bits per heavy atom. The van der Waals surface area contributed by atoms with Crippen LogP contribution in [0.2, 0.25) is 0 Å². The summed E-state index contributed by atoms with van der Waals surface area (Å²) in [6.07, 6.45) is 5.92. The Labute approximate surface area is 83.2 Å². The SMILES string of the molecule is C=C/C=C(\C=C)C1CCC(=O)NC1=O. The number of allylic oxidation sites excluding steroid dienone is 3. The van der Waals surface area contributed by atoms with Gasteiger partial charge in [0.25, 0.3) is 0 Å². The molecule has 1 atom stereocenters. The highest BCUT2D eigenvalue weighted by atomic mass is 16.2. The van der Waals surface area contributed by atoms with Crippen LogP contribution in [0.4, 0.5) is 0 Å². The van der Waals surface area contributed by atoms with Crippen LogP contribution in [0.15, 0.2) is 37.0 Å². The van der Waals surface area contributed by atoms with Crippen LogP contribution in [0.3, 0.4) is 0 Å². The molecule has 1 aliphatic heterocycles. The van der Waals surface area contributed by atoms with Crippen molar-refractivity contribution >= 4 is 11.8 Å². The maximum absolute atomic E-state index is 11.4. The van der Waals surface area contributed by atoms with Crippen LogP contribution in [0.25, 0.3) is 0 Å². The quantitative estimate of drug-likeness (QED) is 0.540. The summed E-state index contributed by atoms with van der Waals surface area (Å²) in [6, 6.07) is 0. The van der Waals surface area contributed by atoms with Gasteiger partial charge in [-0.05, 0) is 12.0 Å². The first-order valence-corrected chi connectivity index (χ1v) is 4.47. The van der Waals surface area contributed by atoms with Crippen LogP contribution in [0.1, 0.15) is 12.8 Å². The highest BCUT2D eigenvalue weighted by Gasteiger charge is 2.27. The van der Waals surface area contributed by atoms with Gasteiger partial charge in [-0.25, -0.2) is 0 Å². The van der Waals surface area contributed by atoms with Crippen LogP contribution in [-0.4, -0.2) is 11.8 Å². The van der Waals surface area contributed by atoms with E-state index in [0.717, 1.165) is 5.57 Å². The van der Waals surface area contributed by atoms with E-state index in [1.807, 2.05) is 0 Å². The van der Waals surface area contributed by atoms with Gasteiger partial charge in [0.1, 0.15) is 0 Å². The number of hydrogen-bond acceptors (Lipinski definition) is 2. The normalized spacial score (nSPS) is 22.9. The molecule has 0 saturated carbocycles. The highest BCUT2D eigenvalue weighted by molar-refractivity contribution is 6.00. The Bertz CT molecular complexity index is 315. The summed E-state index contributed by atoms with van der Waals surface area (Å²) < 4.78 is 0. The molecular formula is C11H13NO2. The van der Waals surface area contributed by atoms with Crippen LogP contribution in [0.5, 0.6) is 0 Å². The lowest BCUT2D eigenvalue weighted by Gasteiger charge is -2.21. The second-order valence-electron chi connectivity index (χ2n) is 3.11. The molecule has 0 aromatic rings. The average Bonchev–Trinajstić information content (AvgIpc) is 2.15. The Balaban J connectivity index is 2.81. The van der Waals surface area contributed by atoms with E-state index in [1.54, 1.807) is 18.2 Å². The molecule has 0 spiro atoms. The van der Waals surface area contributed by atoms with Gasteiger partial charge in [-0.1, -0.05) is 31.4 Å². The van der Waals surface area contributed by atoms with Gasteiger partial charge in [-0.15, -0.1) is 0 Å². The van der Waals surface area contributed by atoms with Crippen molar-refractivity contribution in [3.63, 3.8) is 0 Å². The summed E-state index contributed by atoms with van der Waals surface area (Å²) in [5.41, 5.74) is 0.810. The van der Waals surface area contributed by atoms with Crippen molar-refractivity contribution in [2.75, 3.05) is 0 Å². The molecule has 0 aromatic carbocycles. The van der Waals surface area contributed by atoms with E-state index in [-0.39, 0.29) is 17.7 Å². The summed E-state index contributed by atoms with van der Waals surface area (Å²) in [6.45, 7) is 7.19. The maximum Gasteiger partial charge on any atom is 0.234 e. The molecule has 14 heavy (non-hydrogen) atoms. The molecule has 1 aliphatic rings. The van der Waals surface area contributed by atoms with Crippen molar-refractivity contribution in [2.45, 2.75) is 12.8 Å². The molecule has 1 unspecified atom stereocenters. The van der Waals surface area contributed by atoms with E-state index in [4.69, 9.17) is 0 Å². The Morgan fingerprint density at radius 3 is 2.64 bits per heavy atom. The van der Waals surface area contributed by atoms with E-state index in [9.17, 15) is 9.59 Å². The van der Waals surface area contributed by atoms with E-state index in [1.165, 1.54) is 0 Å². The number of carbonyl (C=O) groups is 2. The van der Waals surface area contributed by atoms with E-state index in [0.29, 0.717) is 12.8 Å². The zero-order valence-corrected chi connectivity index (χ0v) is 7.95. The lowest BCUT2D eigenvalue weighted by molar-refractivity contribution is -0.135. The summed E-state index contributed by atoms with van der Waals surface area (Å²) in [7, 11) is 0. The summed E-state index contributed by atoms with van der Waals surface area (Å²) >= 11 is 0. The molecule has 0 radical (unpaired) electrons. The van der Waals surface area contributed by atoms with E-state index < -0.39 is 0 Å². The predicted octanol–water partition coefficient (Wildman–Crippen LogP) is 1.34. The number of imide groups is 1. The van der Waals surface area contributed by atoms with Gasteiger partial charge >= 0.3 is 0 Å². The largest absolute Gasteiger partial charge is 0.296 e. The second kappa shape index (κ2) is 4.56. The predicted molar refractivity (Wildman–Crippen MR) is 54.4 cm³/mol. The third-order valence-electron chi connectivity index (χ3n) is 2.19. The molecular weight excluding hydrogens is 178 g/mol. The molecule has 1 heterocycles. The van der Waals surface area contributed by atoms with Crippen molar-refractivity contribution in [2.24, 2.45) is 5.92 Å². The Hall–Kier alpha value is -1.64. The van der Waals surface area contributed by atoms with Crippen molar-refractivity contribution in [1.82, 2.24) is 5.32 Å². The first-order valence-electron chi connectivity index (χ1n) is 4.47. The topological polar surface area (TPSA) is 46.2 Å². The number of piperidine rings is 1. The molecule has 1 fully saturated rings. The molecule has 2 amide bonds. The van der Waals surface area contributed by atoms with Crippen LogP contribution >= 0.6 is 0 Å². The number of amides is 2. The number of carbonyl (C=O) groups excluding carboxylic acids is 2. The first-order chi connectivity index (χ1) is 6.69. The van der Waals surface area contributed by atoms with E-state index >= 15 is 0 Å². The minimum Gasteiger partial charge on any atom is -0.296 e. The number of rotatable bonds is 3. The van der Waals surface area contributed by atoms with Gasteiger partial charge in [0, 0.05) is 6.42 Å². The number of hydrogen-bond donors (Lipinski definition) is 1. The van der Waals surface area contributed by atoms with Gasteiger partial charge in [-0.2, -0.15) is 0 Å². The highest BCUT2D eigenvalue weighted by Crippen LogP contribution is 2.21. The minimum atomic E-state index is -0.261. The van der Waals surface area contributed by atoms with Gasteiger partial charge in [0.2, 0.25) is 11.8 Å². The van der Waals surface area contributed by atoms with Gasteiger partial charge in [-0.3, -0.25) is 14.9 Å². The smallest absolute Gasteiger partial charge is 0.234 e. The summed E-state index contributed by atoms with van der Waals surface area (Å²) in [5.74, 6) is -0.703. The zero-order valence-electron chi connectivity index (χ0n) is 7.95. The monoisotopic (exact) mass is 191 g/mol. The zero-order chi connectivity index (χ0) is 10.6. The molecule has 3 nitrogen and oxygen atoms in total. The fourth-order valence-electron chi connectivity index (χ4n) is 1.47. The molecule has 0 aliphatic carbocycles.